The molecule has 2 amide bonds. The standard InChI is InChI=1S/C28H31F3N2O4/c1-37-27(36)21-8-6-20(7-9-21)26(35)33-16-14-19(15-17-33)18-10-12-22(13-11-18)32-25(34)23-4-2-3-5-24(23)28(29,30)31/h2-5,10-13,19-21H,6-9,14-17H2,1H3,(H,32,34). The van der Waals surface area contributed by atoms with E-state index in [9.17, 15) is 27.6 Å². The van der Waals surface area contributed by atoms with Gasteiger partial charge in [0.2, 0.25) is 5.91 Å². The van der Waals surface area contributed by atoms with Crippen LogP contribution in [0.5, 0.6) is 0 Å². The lowest BCUT2D eigenvalue weighted by Crippen LogP contribution is -2.42. The Labute approximate surface area is 214 Å². The molecule has 0 atom stereocenters. The molecule has 1 aliphatic heterocycles. The molecule has 37 heavy (non-hydrogen) atoms. The third-order valence-electron chi connectivity index (χ3n) is 7.53. The van der Waals surface area contributed by atoms with Crippen LogP contribution >= 0.6 is 0 Å². The molecule has 1 saturated heterocycles. The van der Waals surface area contributed by atoms with Crippen LogP contribution in [-0.4, -0.2) is 42.9 Å². The van der Waals surface area contributed by atoms with Crippen LogP contribution in [0.25, 0.3) is 0 Å². The van der Waals surface area contributed by atoms with E-state index in [1.165, 1.54) is 19.2 Å². The summed E-state index contributed by atoms with van der Waals surface area (Å²) in [7, 11) is 1.39. The summed E-state index contributed by atoms with van der Waals surface area (Å²) in [5.41, 5.74) is 0.0945. The van der Waals surface area contributed by atoms with Crippen LogP contribution < -0.4 is 5.32 Å². The van der Waals surface area contributed by atoms with Crippen LogP contribution in [0.3, 0.4) is 0 Å². The minimum Gasteiger partial charge on any atom is -0.469 e. The van der Waals surface area contributed by atoms with E-state index in [2.05, 4.69) is 5.32 Å². The van der Waals surface area contributed by atoms with E-state index in [-0.39, 0.29) is 29.6 Å². The van der Waals surface area contributed by atoms with Gasteiger partial charge in [-0.25, -0.2) is 0 Å². The Morgan fingerprint density at radius 3 is 2.05 bits per heavy atom. The summed E-state index contributed by atoms with van der Waals surface area (Å²) >= 11 is 0. The van der Waals surface area contributed by atoms with Gasteiger partial charge in [0.25, 0.3) is 5.91 Å². The molecule has 6 nitrogen and oxygen atoms in total. The van der Waals surface area contributed by atoms with Crippen LogP contribution in [0.4, 0.5) is 18.9 Å². The number of anilines is 1. The fourth-order valence-corrected chi connectivity index (χ4v) is 5.40. The first-order chi connectivity index (χ1) is 17.7. The summed E-state index contributed by atoms with van der Waals surface area (Å²) in [6, 6.07) is 11.8. The highest BCUT2D eigenvalue weighted by Gasteiger charge is 2.35. The number of piperidine rings is 1. The average molecular weight is 517 g/mol. The number of carbonyl (C=O) groups excluding carboxylic acids is 3. The van der Waals surface area contributed by atoms with E-state index in [0.29, 0.717) is 44.5 Å². The van der Waals surface area contributed by atoms with E-state index < -0.39 is 23.2 Å². The van der Waals surface area contributed by atoms with Gasteiger partial charge in [-0.1, -0.05) is 24.3 Å². The average Bonchev–Trinajstić information content (AvgIpc) is 2.92. The second-order valence-corrected chi connectivity index (χ2v) is 9.79. The Kier molecular flexibility index (Phi) is 8.19. The molecule has 0 aromatic heterocycles. The van der Waals surface area contributed by atoms with Gasteiger partial charge >= 0.3 is 12.1 Å². The molecule has 1 heterocycles. The molecule has 1 saturated carbocycles. The molecular formula is C28H31F3N2O4. The van der Waals surface area contributed by atoms with E-state index in [1.807, 2.05) is 17.0 Å². The van der Waals surface area contributed by atoms with Gasteiger partial charge in [0.1, 0.15) is 0 Å². The third-order valence-corrected chi connectivity index (χ3v) is 7.53. The first kappa shape index (κ1) is 26.7. The smallest absolute Gasteiger partial charge is 0.417 e. The monoisotopic (exact) mass is 516 g/mol. The van der Waals surface area contributed by atoms with Gasteiger partial charge in [0.05, 0.1) is 24.2 Å². The lowest BCUT2D eigenvalue weighted by Gasteiger charge is -2.36. The second-order valence-electron chi connectivity index (χ2n) is 9.79. The summed E-state index contributed by atoms with van der Waals surface area (Å²) in [6.45, 7) is 1.32. The van der Waals surface area contributed by atoms with Crippen LogP contribution in [-0.2, 0) is 20.5 Å². The fourth-order valence-electron chi connectivity index (χ4n) is 5.40. The summed E-state index contributed by atoms with van der Waals surface area (Å²) in [5, 5.41) is 2.55. The molecule has 2 aromatic rings. The van der Waals surface area contributed by atoms with Crippen molar-refractivity contribution in [3.63, 3.8) is 0 Å². The number of methoxy groups -OCH3 is 1. The predicted molar refractivity (Wildman–Crippen MR) is 132 cm³/mol. The molecule has 1 N–H and O–H groups in total. The number of nitrogens with one attached hydrogen (secondary N) is 1. The lowest BCUT2D eigenvalue weighted by molar-refractivity contribution is -0.148. The lowest BCUT2D eigenvalue weighted by atomic mass is 9.80. The zero-order valence-corrected chi connectivity index (χ0v) is 20.7. The van der Waals surface area contributed by atoms with Crippen LogP contribution in [0.1, 0.15) is 65.9 Å². The highest BCUT2D eigenvalue weighted by atomic mass is 19.4. The summed E-state index contributed by atoms with van der Waals surface area (Å²) in [6.07, 6.45) is -0.203. The summed E-state index contributed by atoms with van der Waals surface area (Å²) in [5.74, 6) is -0.722. The van der Waals surface area contributed by atoms with Gasteiger partial charge in [-0.3, -0.25) is 14.4 Å². The molecule has 2 aliphatic rings. The number of esters is 1. The van der Waals surface area contributed by atoms with Gasteiger partial charge in [0, 0.05) is 24.7 Å². The van der Waals surface area contributed by atoms with E-state index in [0.717, 1.165) is 30.5 Å². The Balaban J connectivity index is 1.29. The highest BCUT2D eigenvalue weighted by molar-refractivity contribution is 6.05. The Morgan fingerprint density at radius 2 is 1.46 bits per heavy atom. The molecule has 9 heteroatoms. The van der Waals surface area contributed by atoms with Gasteiger partial charge in [0.15, 0.2) is 0 Å². The van der Waals surface area contributed by atoms with Gasteiger partial charge in [-0.05, 0) is 74.3 Å². The minimum atomic E-state index is -4.61. The van der Waals surface area contributed by atoms with Crippen LogP contribution in [0.15, 0.2) is 48.5 Å². The van der Waals surface area contributed by atoms with Gasteiger partial charge in [-0.2, -0.15) is 13.2 Å². The first-order valence-electron chi connectivity index (χ1n) is 12.6. The quantitative estimate of drug-likeness (QED) is 0.522. The second kappa shape index (κ2) is 11.4. The third kappa shape index (κ3) is 6.32. The van der Waals surface area contributed by atoms with Crippen molar-refractivity contribution in [2.75, 3.05) is 25.5 Å². The maximum Gasteiger partial charge on any atom is 0.417 e. The van der Waals surface area contributed by atoms with E-state index in [1.54, 1.807) is 12.1 Å². The summed E-state index contributed by atoms with van der Waals surface area (Å²) in [4.78, 5) is 39.1. The predicted octanol–water partition coefficient (Wildman–Crippen LogP) is 5.64. The number of hydrogen-bond donors (Lipinski definition) is 1. The topological polar surface area (TPSA) is 75.7 Å². The molecule has 1 aliphatic carbocycles. The minimum absolute atomic E-state index is 0.0390. The van der Waals surface area contributed by atoms with Crippen molar-refractivity contribution in [1.29, 1.82) is 0 Å². The SMILES string of the molecule is COC(=O)C1CCC(C(=O)N2CCC(c3ccc(NC(=O)c4ccccc4C(F)(F)F)cc3)CC2)CC1. The Morgan fingerprint density at radius 1 is 0.865 bits per heavy atom. The number of amides is 2. The van der Waals surface area contributed by atoms with Crippen molar-refractivity contribution in [3.05, 3.63) is 65.2 Å². The van der Waals surface area contributed by atoms with Crippen molar-refractivity contribution in [2.45, 2.75) is 50.6 Å². The number of likely N-dealkylation sites (tertiary alicyclic amines) is 1. The fraction of sp³-hybridized carbons (Fsp3) is 0.464. The van der Waals surface area contributed by atoms with Crippen molar-refractivity contribution in [1.82, 2.24) is 4.90 Å². The summed E-state index contributed by atoms with van der Waals surface area (Å²) < 4.78 is 44.5. The van der Waals surface area contributed by atoms with Crippen LogP contribution in [0, 0.1) is 11.8 Å². The van der Waals surface area contributed by atoms with Crippen molar-refractivity contribution in [2.24, 2.45) is 11.8 Å². The Bertz CT molecular complexity index is 1120. The molecule has 198 valence electrons. The number of hydrogen-bond acceptors (Lipinski definition) is 4. The molecule has 2 aromatic carbocycles. The maximum atomic E-state index is 13.2. The molecule has 0 spiro atoms. The van der Waals surface area contributed by atoms with E-state index in [4.69, 9.17) is 4.74 Å². The number of benzene rings is 2. The van der Waals surface area contributed by atoms with E-state index >= 15 is 0 Å². The number of ether oxygens (including phenoxy) is 1. The normalized spacial score (nSPS) is 20.8. The number of alkyl halides is 3. The Hall–Kier alpha value is -3.36. The zero-order valence-electron chi connectivity index (χ0n) is 20.7. The van der Waals surface area contributed by atoms with Crippen molar-refractivity contribution < 1.29 is 32.3 Å². The number of rotatable bonds is 5. The first-order valence-corrected chi connectivity index (χ1v) is 12.6. The number of nitrogens with zero attached hydrogens (tertiary/aromatic N) is 1. The maximum absolute atomic E-state index is 13.2. The number of halogens is 3. The zero-order chi connectivity index (χ0) is 26.6. The molecular weight excluding hydrogens is 485 g/mol. The molecule has 2 fully saturated rings. The molecule has 4 rings (SSSR count). The van der Waals surface area contributed by atoms with Gasteiger partial charge < -0.3 is 15.0 Å². The molecule has 0 unspecified atom stereocenters. The van der Waals surface area contributed by atoms with Crippen molar-refractivity contribution >= 4 is 23.5 Å². The highest BCUT2D eigenvalue weighted by Crippen LogP contribution is 2.35. The van der Waals surface area contributed by atoms with Crippen molar-refractivity contribution in [3.8, 4) is 0 Å². The largest absolute Gasteiger partial charge is 0.469 e. The van der Waals surface area contributed by atoms with Gasteiger partial charge in [-0.15, -0.1) is 0 Å². The molecule has 0 radical (unpaired) electrons. The number of carbonyl (C=O) groups is 3. The molecule has 0 bridgehead atoms. The van der Waals surface area contributed by atoms with Crippen LogP contribution in [0.2, 0.25) is 0 Å².